The van der Waals surface area contributed by atoms with Crippen LogP contribution >= 0.6 is 27.3 Å². The maximum atomic E-state index is 12.4. The number of aromatic nitrogens is 4. The molecule has 29 heavy (non-hydrogen) atoms. The summed E-state index contributed by atoms with van der Waals surface area (Å²) in [6.07, 6.45) is 4.90. The van der Waals surface area contributed by atoms with Crippen molar-refractivity contribution in [3.63, 3.8) is 0 Å². The molecular formula is C18H14BrN5O3S2. The van der Waals surface area contributed by atoms with Gasteiger partial charge in [-0.15, -0.1) is 11.3 Å². The van der Waals surface area contributed by atoms with E-state index in [9.17, 15) is 8.42 Å². The predicted octanol–water partition coefficient (Wildman–Crippen LogP) is 4.39. The summed E-state index contributed by atoms with van der Waals surface area (Å²) < 4.78 is 35.9. The first-order valence-corrected chi connectivity index (χ1v) is 11.4. The molecule has 0 saturated carbocycles. The fourth-order valence-electron chi connectivity index (χ4n) is 2.50. The summed E-state index contributed by atoms with van der Waals surface area (Å²) >= 11 is 4.41. The molecule has 4 rings (SSSR count). The van der Waals surface area contributed by atoms with Gasteiger partial charge in [-0.1, -0.05) is 0 Å². The van der Waals surface area contributed by atoms with E-state index in [4.69, 9.17) is 4.74 Å². The Hall–Kier alpha value is -2.76. The number of halogens is 1. The average molecular weight is 492 g/mol. The van der Waals surface area contributed by atoms with Gasteiger partial charge in [0.1, 0.15) is 27.9 Å². The van der Waals surface area contributed by atoms with Crippen LogP contribution in [0.15, 0.2) is 69.2 Å². The molecule has 11 heteroatoms. The van der Waals surface area contributed by atoms with Crippen LogP contribution in [0.2, 0.25) is 0 Å². The van der Waals surface area contributed by atoms with E-state index < -0.39 is 10.0 Å². The van der Waals surface area contributed by atoms with E-state index in [0.717, 1.165) is 20.9 Å². The molecule has 1 N–H and O–H groups in total. The van der Waals surface area contributed by atoms with Crippen LogP contribution in [0.25, 0.3) is 5.82 Å². The molecule has 3 heterocycles. The average Bonchev–Trinajstić information content (AvgIpc) is 3.32. The van der Waals surface area contributed by atoms with Crippen LogP contribution in [0.1, 0.15) is 5.82 Å². The lowest BCUT2D eigenvalue weighted by Crippen LogP contribution is -2.11. The molecule has 0 unspecified atom stereocenters. The lowest BCUT2D eigenvalue weighted by atomic mass is 10.3. The van der Waals surface area contributed by atoms with Crippen molar-refractivity contribution in [3.8, 4) is 17.4 Å². The maximum Gasteiger partial charge on any atom is 0.271 e. The molecule has 148 valence electrons. The Morgan fingerprint density at radius 1 is 1.10 bits per heavy atom. The summed E-state index contributed by atoms with van der Waals surface area (Å²) in [5, 5.41) is 0. The van der Waals surface area contributed by atoms with E-state index in [1.54, 1.807) is 54.9 Å². The van der Waals surface area contributed by atoms with Gasteiger partial charge in [0.2, 0.25) is 5.88 Å². The number of nitrogens with one attached hydrogen (secondary N) is 1. The number of benzene rings is 1. The van der Waals surface area contributed by atoms with E-state index >= 15 is 0 Å². The highest BCUT2D eigenvalue weighted by Crippen LogP contribution is 2.28. The first-order valence-electron chi connectivity index (χ1n) is 8.29. The monoisotopic (exact) mass is 491 g/mol. The van der Waals surface area contributed by atoms with E-state index in [-0.39, 0.29) is 4.21 Å². The van der Waals surface area contributed by atoms with Crippen molar-refractivity contribution in [3.05, 3.63) is 70.8 Å². The van der Waals surface area contributed by atoms with Crippen LogP contribution in [-0.2, 0) is 10.0 Å². The zero-order chi connectivity index (χ0) is 20.4. The lowest BCUT2D eigenvalue weighted by molar-refractivity contribution is 0.461. The second-order valence-corrected chi connectivity index (χ2v) is 10.2. The van der Waals surface area contributed by atoms with Gasteiger partial charge in [-0.05, 0) is 59.3 Å². The first kappa shape index (κ1) is 19.6. The van der Waals surface area contributed by atoms with Crippen LogP contribution in [-0.4, -0.2) is 27.9 Å². The van der Waals surface area contributed by atoms with Crippen molar-refractivity contribution in [2.75, 3.05) is 4.72 Å². The molecule has 0 atom stereocenters. The Morgan fingerprint density at radius 2 is 1.90 bits per heavy atom. The van der Waals surface area contributed by atoms with Gasteiger partial charge in [0.25, 0.3) is 10.0 Å². The first-order chi connectivity index (χ1) is 13.9. The second-order valence-electron chi connectivity index (χ2n) is 5.85. The number of rotatable bonds is 6. The fourth-order valence-corrected chi connectivity index (χ4v) is 5.57. The van der Waals surface area contributed by atoms with Gasteiger partial charge in [0.15, 0.2) is 0 Å². The van der Waals surface area contributed by atoms with Gasteiger partial charge >= 0.3 is 0 Å². The molecule has 0 amide bonds. The van der Waals surface area contributed by atoms with Gasteiger partial charge in [-0.25, -0.2) is 23.4 Å². The van der Waals surface area contributed by atoms with E-state index in [1.807, 2.05) is 11.5 Å². The molecule has 0 saturated heterocycles. The lowest BCUT2D eigenvalue weighted by Gasteiger charge is -2.09. The zero-order valence-electron chi connectivity index (χ0n) is 15.0. The summed E-state index contributed by atoms with van der Waals surface area (Å²) in [6.45, 7) is 1.87. The topological polar surface area (TPSA) is 99.0 Å². The quantitative estimate of drug-likeness (QED) is 0.429. The van der Waals surface area contributed by atoms with Gasteiger partial charge in [0, 0.05) is 24.1 Å². The number of hydrogen-bond acceptors (Lipinski definition) is 7. The summed E-state index contributed by atoms with van der Waals surface area (Å²) in [6, 6.07) is 11.5. The highest BCUT2D eigenvalue weighted by atomic mass is 79.9. The van der Waals surface area contributed by atoms with Gasteiger partial charge in [-0.2, -0.15) is 0 Å². The third kappa shape index (κ3) is 4.47. The number of imidazole rings is 1. The zero-order valence-corrected chi connectivity index (χ0v) is 18.2. The Bertz CT molecular complexity index is 1250. The molecule has 0 spiro atoms. The molecule has 1 aromatic carbocycles. The second kappa shape index (κ2) is 7.93. The molecule has 0 fully saturated rings. The van der Waals surface area contributed by atoms with Crippen molar-refractivity contribution >= 4 is 43.0 Å². The standard InChI is InChI=1S/C18H14BrN5O3S2/c1-12-20-8-9-24(12)16-10-17(22-11-21-16)27-14-4-2-13(3-5-14)23-29(25,26)18-7-6-15(19)28-18/h2-11,23H,1H3. The normalized spacial score (nSPS) is 11.4. The van der Waals surface area contributed by atoms with Crippen LogP contribution < -0.4 is 9.46 Å². The van der Waals surface area contributed by atoms with E-state index in [0.29, 0.717) is 23.1 Å². The Labute approximate surface area is 179 Å². The Balaban J connectivity index is 1.48. The molecule has 0 aliphatic carbocycles. The Kier molecular flexibility index (Phi) is 5.35. The minimum Gasteiger partial charge on any atom is -0.439 e. The summed E-state index contributed by atoms with van der Waals surface area (Å²) in [5.41, 5.74) is 0.430. The number of thiophene rings is 1. The maximum absolute atomic E-state index is 12.4. The SMILES string of the molecule is Cc1nccn1-c1cc(Oc2ccc(NS(=O)(=O)c3ccc(Br)s3)cc2)ncn1. The number of anilines is 1. The molecule has 0 radical (unpaired) electrons. The van der Waals surface area contributed by atoms with Crippen molar-refractivity contribution in [2.45, 2.75) is 11.1 Å². The largest absolute Gasteiger partial charge is 0.439 e. The van der Waals surface area contributed by atoms with Gasteiger partial charge < -0.3 is 4.74 Å². The molecular weight excluding hydrogens is 478 g/mol. The minimum atomic E-state index is -3.63. The summed E-state index contributed by atoms with van der Waals surface area (Å²) in [7, 11) is -3.63. The summed E-state index contributed by atoms with van der Waals surface area (Å²) in [4.78, 5) is 12.5. The van der Waals surface area contributed by atoms with Gasteiger partial charge in [-0.3, -0.25) is 9.29 Å². The minimum absolute atomic E-state index is 0.230. The van der Waals surface area contributed by atoms with Crippen LogP contribution in [0, 0.1) is 6.92 Å². The molecule has 0 aliphatic heterocycles. The fraction of sp³-hybridized carbons (Fsp3) is 0.0556. The van der Waals surface area contributed by atoms with Crippen molar-refractivity contribution in [2.24, 2.45) is 0 Å². The number of sulfonamides is 1. The molecule has 0 bridgehead atoms. The third-order valence-corrected chi connectivity index (χ3v) is 7.34. The predicted molar refractivity (Wildman–Crippen MR) is 113 cm³/mol. The number of ether oxygens (including phenoxy) is 1. The van der Waals surface area contributed by atoms with Crippen LogP contribution in [0.5, 0.6) is 11.6 Å². The van der Waals surface area contributed by atoms with E-state index in [2.05, 4.69) is 35.6 Å². The summed E-state index contributed by atoms with van der Waals surface area (Å²) in [5.74, 6) is 2.30. The third-order valence-electron chi connectivity index (χ3n) is 3.84. The van der Waals surface area contributed by atoms with Crippen LogP contribution in [0.3, 0.4) is 0 Å². The molecule has 4 aromatic rings. The number of nitrogens with zero attached hydrogens (tertiary/aromatic N) is 4. The van der Waals surface area contributed by atoms with Crippen LogP contribution in [0.4, 0.5) is 5.69 Å². The van der Waals surface area contributed by atoms with Gasteiger partial charge in [0.05, 0.1) is 3.79 Å². The molecule has 8 nitrogen and oxygen atoms in total. The highest BCUT2D eigenvalue weighted by molar-refractivity contribution is 9.11. The van der Waals surface area contributed by atoms with E-state index in [1.165, 1.54) is 6.33 Å². The molecule has 3 aromatic heterocycles. The molecule has 0 aliphatic rings. The Morgan fingerprint density at radius 3 is 2.55 bits per heavy atom. The van der Waals surface area contributed by atoms with Crippen molar-refractivity contribution in [1.82, 2.24) is 19.5 Å². The smallest absolute Gasteiger partial charge is 0.271 e. The van der Waals surface area contributed by atoms with Crippen molar-refractivity contribution in [1.29, 1.82) is 0 Å². The number of aryl methyl sites for hydroxylation is 1. The number of hydrogen-bond donors (Lipinski definition) is 1. The van der Waals surface area contributed by atoms with Crippen molar-refractivity contribution < 1.29 is 13.2 Å². The highest BCUT2D eigenvalue weighted by Gasteiger charge is 2.16.